The van der Waals surface area contributed by atoms with Gasteiger partial charge >= 0.3 is 0 Å². The summed E-state index contributed by atoms with van der Waals surface area (Å²) in [6.07, 6.45) is 3.93. The summed E-state index contributed by atoms with van der Waals surface area (Å²) >= 11 is 0. The third-order valence-corrected chi connectivity index (χ3v) is 2.31. The van der Waals surface area contributed by atoms with E-state index in [1.54, 1.807) is 12.1 Å². The summed E-state index contributed by atoms with van der Waals surface area (Å²) in [5, 5.41) is 3.18. The van der Waals surface area contributed by atoms with E-state index in [0.717, 1.165) is 11.3 Å². The number of halogens is 1. The van der Waals surface area contributed by atoms with Crippen molar-refractivity contribution >= 4 is 5.57 Å². The van der Waals surface area contributed by atoms with Crippen LogP contribution in [-0.2, 0) is 0 Å². The summed E-state index contributed by atoms with van der Waals surface area (Å²) in [7, 11) is 0. The molecule has 1 aliphatic rings. The van der Waals surface area contributed by atoms with Crippen molar-refractivity contribution < 1.29 is 4.39 Å². The number of nitrogens with one attached hydrogen (secondary N) is 1. The van der Waals surface area contributed by atoms with E-state index in [1.165, 1.54) is 6.07 Å². The summed E-state index contributed by atoms with van der Waals surface area (Å²) in [5.74, 6) is -0.159. The average molecular weight is 189 g/mol. The van der Waals surface area contributed by atoms with E-state index in [2.05, 4.69) is 5.32 Å². The molecule has 0 saturated heterocycles. The maximum Gasteiger partial charge on any atom is 0.130 e. The third kappa shape index (κ3) is 1.69. The van der Waals surface area contributed by atoms with Crippen LogP contribution >= 0.6 is 0 Å². The van der Waals surface area contributed by atoms with Crippen LogP contribution < -0.4 is 5.32 Å². The molecule has 0 atom stereocenters. The summed E-state index contributed by atoms with van der Waals surface area (Å²) in [6, 6.07) is 6.85. The van der Waals surface area contributed by atoms with Crippen molar-refractivity contribution in [3.05, 3.63) is 53.5 Å². The molecule has 0 unspecified atom stereocenters. The Morgan fingerprint density at radius 3 is 2.64 bits per heavy atom. The first-order chi connectivity index (χ1) is 6.77. The van der Waals surface area contributed by atoms with Gasteiger partial charge in [0, 0.05) is 17.8 Å². The molecule has 0 aromatic heterocycles. The molecule has 14 heavy (non-hydrogen) atoms. The van der Waals surface area contributed by atoms with Gasteiger partial charge in [-0.2, -0.15) is 0 Å². The first kappa shape index (κ1) is 9.00. The van der Waals surface area contributed by atoms with E-state index in [0.29, 0.717) is 12.1 Å². The minimum absolute atomic E-state index is 0.159. The number of hydrogen-bond acceptors (Lipinski definition) is 1. The van der Waals surface area contributed by atoms with Gasteiger partial charge in [0.15, 0.2) is 0 Å². The summed E-state index contributed by atoms with van der Waals surface area (Å²) in [4.78, 5) is 0. The lowest BCUT2D eigenvalue weighted by Gasteiger charge is -2.15. The summed E-state index contributed by atoms with van der Waals surface area (Å²) < 4.78 is 13.4. The monoisotopic (exact) mass is 189 g/mol. The number of dihydropyridines is 1. The Bertz CT molecular complexity index is 405. The van der Waals surface area contributed by atoms with Crippen molar-refractivity contribution in [1.29, 1.82) is 0 Å². The second-order valence-electron chi connectivity index (χ2n) is 3.37. The van der Waals surface area contributed by atoms with Gasteiger partial charge in [-0.05, 0) is 24.6 Å². The van der Waals surface area contributed by atoms with E-state index in [1.807, 2.05) is 25.1 Å². The number of rotatable bonds is 1. The summed E-state index contributed by atoms with van der Waals surface area (Å²) in [6.45, 7) is 2.69. The van der Waals surface area contributed by atoms with E-state index < -0.39 is 0 Å². The number of hydrogen-bond donors (Lipinski definition) is 1. The van der Waals surface area contributed by atoms with E-state index in [4.69, 9.17) is 0 Å². The van der Waals surface area contributed by atoms with Crippen molar-refractivity contribution in [3.8, 4) is 0 Å². The highest BCUT2D eigenvalue weighted by Crippen LogP contribution is 2.19. The minimum Gasteiger partial charge on any atom is -0.384 e. The standard InChI is InChI=1S/C12H12FN/c1-9-6-7-10(8-14-9)11-4-2-3-5-12(11)13/h2-7,14H,8H2,1H3. The van der Waals surface area contributed by atoms with Gasteiger partial charge in [0.2, 0.25) is 0 Å². The molecular formula is C12H12FN. The molecule has 1 aromatic rings. The van der Waals surface area contributed by atoms with E-state index in [9.17, 15) is 4.39 Å². The molecule has 0 saturated carbocycles. The Kier molecular flexibility index (Phi) is 2.35. The Labute approximate surface area is 83.0 Å². The molecule has 1 heterocycles. The fourth-order valence-corrected chi connectivity index (χ4v) is 1.48. The van der Waals surface area contributed by atoms with Crippen LogP contribution in [0.1, 0.15) is 12.5 Å². The van der Waals surface area contributed by atoms with Crippen LogP contribution in [0, 0.1) is 5.82 Å². The molecule has 1 N–H and O–H groups in total. The zero-order chi connectivity index (χ0) is 9.97. The predicted octanol–water partition coefficient (Wildman–Crippen LogP) is 2.72. The van der Waals surface area contributed by atoms with Crippen LogP contribution in [0.25, 0.3) is 5.57 Å². The van der Waals surface area contributed by atoms with Crippen LogP contribution in [-0.4, -0.2) is 6.54 Å². The fourth-order valence-electron chi connectivity index (χ4n) is 1.48. The zero-order valence-electron chi connectivity index (χ0n) is 8.05. The lowest BCUT2D eigenvalue weighted by Crippen LogP contribution is -2.17. The molecule has 0 fully saturated rings. The Hall–Kier alpha value is -1.57. The van der Waals surface area contributed by atoms with Gasteiger partial charge in [-0.3, -0.25) is 0 Å². The first-order valence-corrected chi connectivity index (χ1v) is 4.63. The molecule has 1 aromatic carbocycles. The van der Waals surface area contributed by atoms with E-state index >= 15 is 0 Å². The molecule has 0 bridgehead atoms. The van der Waals surface area contributed by atoms with Crippen LogP contribution in [0.5, 0.6) is 0 Å². The highest BCUT2D eigenvalue weighted by atomic mass is 19.1. The predicted molar refractivity (Wildman–Crippen MR) is 56.1 cm³/mol. The normalized spacial score (nSPS) is 15.6. The molecule has 0 radical (unpaired) electrons. The molecule has 0 aliphatic carbocycles. The molecule has 1 aliphatic heterocycles. The smallest absolute Gasteiger partial charge is 0.130 e. The van der Waals surface area contributed by atoms with Crippen molar-refractivity contribution in [2.24, 2.45) is 0 Å². The fraction of sp³-hybridized carbons (Fsp3) is 0.167. The Balaban J connectivity index is 2.37. The first-order valence-electron chi connectivity index (χ1n) is 4.63. The van der Waals surface area contributed by atoms with Gasteiger partial charge in [-0.1, -0.05) is 24.3 Å². The van der Waals surface area contributed by atoms with Crippen molar-refractivity contribution in [3.63, 3.8) is 0 Å². The number of benzene rings is 1. The second-order valence-corrected chi connectivity index (χ2v) is 3.37. The van der Waals surface area contributed by atoms with Gasteiger partial charge in [-0.15, -0.1) is 0 Å². The molecule has 1 nitrogen and oxygen atoms in total. The highest BCUT2D eigenvalue weighted by molar-refractivity contribution is 5.70. The third-order valence-electron chi connectivity index (χ3n) is 2.31. The zero-order valence-corrected chi connectivity index (χ0v) is 8.05. The van der Waals surface area contributed by atoms with Gasteiger partial charge < -0.3 is 5.32 Å². The van der Waals surface area contributed by atoms with Crippen molar-refractivity contribution in [1.82, 2.24) is 5.32 Å². The van der Waals surface area contributed by atoms with Crippen molar-refractivity contribution in [2.75, 3.05) is 6.54 Å². The van der Waals surface area contributed by atoms with Crippen LogP contribution in [0.3, 0.4) is 0 Å². The summed E-state index contributed by atoms with van der Waals surface area (Å²) in [5.41, 5.74) is 2.79. The van der Waals surface area contributed by atoms with Gasteiger partial charge in [0.25, 0.3) is 0 Å². The van der Waals surface area contributed by atoms with Gasteiger partial charge in [0.05, 0.1) is 0 Å². The largest absolute Gasteiger partial charge is 0.384 e. The van der Waals surface area contributed by atoms with Gasteiger partial charge in [0.1, 0.15) is 5.82 Å². The molecule has 72 valence electrons. The van der Waals surface area contributed by atoms with Crippen molar-refractivity contribution in [2.45, 2.75) is 6.92 Å². The minimum atomic E-state index is -0.159. The maximum absolute atomic E-state index is 13.4. The van der Waals surface area contributed by atoms with E-state index in [-0.39, 0.29) is 5.82 Å². The number of allylic oxidation sites excluding steroid dienone is 3. The molecule has 0 spiro atoms. The Morgan fingerprint density at radius 2 is 2.00 bits per heavy atom. The topological polar surface area (TPSA) is 12.0 Å². The lowest BCUT2D eigenvalue weighted by molar-refractivity contribution is 0.623. The lowest BCUT2D eigenvalue weighted by atomic mass is 10.0. The average Bonchev–Trinajstić information content (AvgIpc) is 2.20. The molecule has 0 amide bonds. The highest BCUT2D eigenvalue weighted by Gasteiger charge is 2.08. The maximum atomic E-state index is 13.4. The van der Waals surface area contributed by atoms with Crippen LogP contribution in [0.2, 0.25) is 0 Å². The van der Waals surface area contributed by atoms with Crippen LogP contribution in [0.15, 0.2) is 42.1 Å². The second kappa shape index (κ2) is 3.66. The molecular weight excluding hydrogens is 177 g/mol. The van der Waals surface area contributed by atoms with Gasteiger partial charge in [-0.25, -0.2) is 4.39 Å². The Morgan fingerprint density at radius 1 is 1.21 bits per heavy atom. The quantitative estimate of drug-likeness (QED) is 0.716. The molecule has 2 heteroatoms. The van der Waals surface area contributed by atoms with Crippen LogP contribution in [0.4, 0.5) is 4.39 Å². The molecule has 2 rings (SSSR count). The SMILES string of the molecule is CC1=CC=C(c2ccccc2F)CN1.